The number of carbonyl (C=O) groups is 1. The number of hydrogen-bond donors (Lipinski definition) is 1. The van der Waals surface area contributed by atoms with Crippen molar-refractivity contribution in [3.8, 4) is 0 Å². The molecule has 0 aliphatic heterocycles. The van der Waals surface area contributed by atoms with Crippen LogP contribution in [0.1, 0.15) is 52.9 Å². The first-order chi connectivity index (χ1) is 7.88. The lowest BCUT2D eigenvalue weighted by atomic mass is 10.1. The average Bonchev–Trinajstić information content (AvgIpc) is 2.68. The Morgan fingerprint density at radius 2 is 1.88 bits per heavy atom. The van der Waals surface area contributed by atoms with E-state index in [2.05, 4.69) is 26.1 Å². The van der Waals surface area contributed by atoms with Gasteiger partial charge in [0, 0.05) is 32.1 Å². The molecule has 1 saturated carbocycles. The number of nitrogens with zero attached hydrogens (tertiary/aromatic N) is 1. The maximum Gasteiger partial charge on any atom is 0.223 e. The summed E-state index contributed by atoms with van der Waals surface area (Å²) in [5, 5.41) is 3.35. The van der Waals surface area contributed by atoms with Crippen molar-refractivity contribution in [2.24, 2.45) is 5.92 Å². The largest absolute Gasteiger partial charge is 0.345 e. The van der Waals surface area contributed by atoms with Gasteiger partial charge in [0.1, 0.15) is 0 Å². The standard InChI is InChI=1S/C14H28N2O/c1-14(2,3)15-10-9-13(17)16(4)11-12-7-5-6-8-12/h12,15H,5-11H2,1-4H3. The highest BCUT2D eigenvalue weighted by molar-refractivity contribution is 5.76. The molecule has 0 aromatic carbocycles. The van der Waals surface area contributed by atoms with E-state index in [0.717, 1.165) is 19.0 Å². The molecule has 0 bridgehead atoms. The van der Waals surface area contributed by atoms with Gasteiger partial charge in [-0.3, -0.25) is 4.79 Å². The molecule has 1 fully saturated rings. The molecule has 0 radical (unpaired) electrons. The zero-order valence-corrected chi connectivity index (χ0v) is 11.9. The van der Waals surface area contributed by atoms with E-state index in [1.807, 2.05) is 11.9 Å². The van der Waals surface area contributed by atoms with Crippen LogP contribution in [0.15, 0.2) is 0 Å². The quantitative estimate of drug-likeness (QED) is 0.800. The van der Waals surface area contributed by atoms with Crippen molar-refractivity contribution in [1.82, 2.24) is 10.2 Å². The SMILES string of the molecule is CN(CC1CCCC1)C(=O)CCNC(C)(C)C. The van der Waals surface area contributed by atoms with Gasteiger partial charge in [0.2, 0.25) is 5.91 Å². The van der Waals surface area contributed by atoms with Crippen LogP contribution in [0.2, 0.25) is 0 Å². The van der Waals surface area contributed by atoms with Crippen LogP contribution in [-0.2, 0) is 4.79 Å². The molecule has 1 aliphatic rings. The van der Waals surface area contributed by atoms with Gasteiger partial charge in [-0.25, -0.2) is 0 Å². The number of amides is 1. The first kappa shape index (κ1) is 14.5. The van der Waals surface area contributed by atoms with Gasteiger partial charge in [-0.05, 0) is 39.5 Å². The van der Waals surface area contributed by atoms with Crippen LogP contribution in [0.5, 0.6) is 0 Å². The fourth-order valence-electron chi connectivity index (χ4n) is 2.42. The molecule has 0 saturated heterocycles. The highest BCUT2D eigenvalue weighted by Crippen LogP contribution is 2.25. The molecular formula is C14H28N2O. The summed E-state index contributed by atoms with van der Waals surface area (Å²) in [7, 11) is 1.94. The molecule has 0 aromatic rings. The van der Waals surface area contributed by atoms with Gasteiger partial charge >= 0.3 is 0 Å². The molecule has 17 heavy (non-hydrogen) atoms. The predicted octanol–water partition coefficient (Wildman–Crippen LogP) is 2.41. The lowest BCUT2D eigenvalue weighted by Crippen LogP contribution is -2.39. The van der Waals surface area contributed by atoms with Crippen molar-refractivity contribution in [2.45, 2.75) is 58.4 Å². The van der Waals surface area contributed by atoms with Crippen molar-refractivity contribution in [3.63, 3.8) is 0 Å². The first-order valence-electron chi connectivity index (χ1n) is 6.87. The van der Waals surface area contributed by atoms with Gasteiger partial charge in [-0.2, -0.15) is 0 Å². The Labute approximate surface area is 106 Å². The summed E-state index contributed by atoms with van der Waals surface area (Å²) in [6, 6.07) is 0. The molecule has 0 unspecified atom stereocenters. The van der Waals surface area contributed by atoms with E-state index < -0.39 is 0 Å². The lowest BCUT2D eigenvalue weighted by molar-refractivity contribution is -0.130. The van der Waals surface area contributed by atoms with E-state index in [9.17, 15) is 4.79 Å². The van der Waals surface area contributed by atoms with E-state index in [1.54, 1.807) is 0 Å². The fourth-order valence-corrected chi connectivity index (χ4v) is 2.42. The Balaban J connectivity index is 2.17. The Morgan fingerprint density at radius 1 is 1.29 bits per heavy atom. The topological polar surface area (TPSA) is 32.3 Å². The molecule has 0 aromatic heterocycles. The Bertz CT molecular complexity index is 239. The molecule has 1 N–H and O–H groups in total. The summed E-state index contributed by atoms with van der Waals surface area (Å²) >= 11 is 0. The molecular weight excluding hydrogens is 212 g/mol. The molecule has 100 valence electrons. The molecule has 1 rings (SSSR count). The Hall–Kier alpha value is -0.570. The summed E-state index contributed by atoms with van der Waals surface area (Å²) in [6.45, 7) is 8.10. The van der Waals surface area contributed by atoms with E-state index in [0.29, 0.717) is 6.42 Å². The van der Waals surface area contributed by atoms with Crippen LogP contribution in [0.4, 0.5) is 0 Å². The summed E-state index contributed by atoms with van der Waals surface area (Å²) in [4.78, 5) is 13.8. The van der Waals surface area contributed by atoms with Gasteiger partial charge in [-0.15, -0.1) is 0 Å². The van der Waals surface area contributed by atoms with Gasteiger partial charge in [-0.1, -0.05) is 12.8 Å². The van der Waals surface area contributed by atoms with Crippen molar-refractivity contribution in [2.75, 3.05) is 20.1 Å². The zero-order chi connectivity index (χ0) is 12.9. The van der Waals surface area contributed by atoms with Gasteiger partial charge in [0.15, 0.2) is 0 Å². The minimum absolute atomic E-state index is 0.101. The van der Waals surface area contributed by atoms with E-state index in [4.69, 9.17) is 0 Å². The third-order valence-corrected chi connectivity index (χ3v) is 3.43. The van der Waals surface area contributed by atoms with E-state index in [-0.39, 0.29) is 11.4 Å². The van der Waals surface area contributed by atoms with Crippen LogP contribution in [0.3, 0.4) is 0 Å². The van der Waals surface area contributed by atoms with Crippen LogP contribution in [-0.4, -0.2) is 36.5 Å². The van der Waals surface area contributed by atoms with Crippen molar-refractivity contribution in [3.05, 3.63) is 0 Å². The molecule has 0 atom stereocenters. The maximum atomic E-state index is 11.9. The van der Waals surface area contributed by atoms with Gasteiger partial charge < -0.3 is 10.2 Å². The fraction of sp³-hybridized carbons (Fsp3) is 0.929. The molecule has 1 amide bonds. The monoisotopic (exact) mass is 240 g/mol. The smallest absolute Gasteiger partial charge is 0.223 e. The summed E-state index contributed by atoms with van der Waals surface area (Å²) in [5.41, 5.74) is 0.101. The van der Waals surface area contributed by atoms with Crippen molar-refractivity contribution >= 4 is 5.91 Å². The van der Waals surface area contributed by atoms with E-state index in [1.165, 1.54) is 25.7 Å². The summed E-state index contributed by atoms with van der Waals surface area (Å²) < 4.78 is 0. The Kier molecular flexibility index (Phi) is 5.44. The molecule has 0 spiro atoms. The minimum atomic E-state index is 0.101. The minimum Gasteiger partial charge on any atom is -0.345 e. The Morgan fingerprint density at radius 3 is 2.41 bits per heavy atom. The number of nitrogens with one attached hydrogen (secondary N) is 1. The molecule has 3 nitrogen and oxygen atoms in total. The normalized spacial score (nSPS) is 17.4. The van der Waals surface area contributed by atoms with Crippen LogP contribution in [0.25, 0.3) is 0 Å². The van der Waals surface area contributed by atoms with Crippen molar-refractivity contribution < 1.29 is 4.79 Å². The summed E-state index contributed by atoms with van der Waals surface area (Å²) in [6.07, 6.45) is 5.91. The second kappa shape index (κ2) is 6.39. The molecule has 3 heteroatoms. The highest BCUT2D eigenvalue weighted by Gasteiger charge is 2.19. The third kappa shape index (κ3) is 6.06. The average molecular weight is 240 g/mol. The predicted molar refractivity (Wildman–Crippen MR) is 72.0 cm³/mol. The second-order valence-corrected chi connectivity index (χ2v) is 6.35. The molecule has 0 heterocycles. The van der Waals surface area contributed by atoms with Crippen LogP contribution >= 0.6 is 0 Å². The van der Waals surface area contributed by atoms with Crippen molar-refractivity contribution in [1.29, 1.82) is 0 Å². The van der Waals surface area contributed by atoms with E-state index >= 15 is 0 Å². The maximum absolute atomic E-state index is 11.9. The van der Waals surface area contributed by atoms with Crippen LogP contribution < -0.4 is 5.32 Å². The van der Waals surface area contributed by atoms with Gasteiger partial charge in [0.25, 0.3) is 0 Å². The lowest BCUT2D eigenvalue weighted by Gasteiger charge is -2.23. The van der Waals surface area contributed by atoms with Crippen LogP contribution in [0, 0.1) is 5.92 Å². The second-order valence-electron chi connectivity index (χ2n) is 6.35. The number of hydrogen-bond acceptors (Lipinski definition) is 2. The number of rotatable bonds is 5. The highest BCUT2D eigenvalue weighted by atomic mass is 16.2. The van der Waals surface area contributed by atoms with Gasteiger partial charge in [0.05, 0.1) is 0 Å². The number of carbonyl (C=O) groups excluding carboxylic acids is 1. The zero-order valence-electron chi connectivity index (χ0n) is 11.9. The summed E-state index contributed by atoms with van der Waals surface area (Å²) in [5.74, 6) is 1.02. The third-order valence-electron chi connectivity index (χ3n) is 3.43. The first-order valence-corrected chi connectivity index (χ1v) is 6.87. The molecule has 1 aliphatic carbocycles.